The fraction of sp³-hybridized carbons (Fsp3) is 0.316. The Bertz CT molecular complexity index is 887. The Morgan fingerprint density at radius 2 is 2.15 bits per heavy atom. The molecule has 0 fully saturated rings. The van der Waals surface area contributed by atoms with Gasteiger partial charge in [-0.2, -0.15) is 11.8 Å². The Labute approximate surface area is 155 Å². The molecule has 1 aromatic heterocycles. The Balaban J connectivity index is 2.12. The third-order valence-corrected chi connectivity index (χ3v) is 4.67. The highest BCUT2D eigenvalue weighted by atomic mass is 32.2. The third-order valence-electron chi connectivity index (χ3n) is 3.74. The Hall–Kier alpha value is -2.54. The molecule has 2 N–H and O–H groups in total. The molecule has 0 aliphatic rings. The SMILES string of the molecule is CCSCCC(NC(=O)/C=C/c1coc2ccc(C)cc2c1=O)C(=O)O. The summed E-state index contributed by atoms with van der Waals surface area (Å²) < 4.78 is 5.42. The fourth-order valence-electron chi connectivity index (χ4n) is 2.36. The Morgan fingerprint density at radius 3 is 2.85 bits per heavy atom. The molecule has 7 heteroatoms. The molecule has 0 radical (unpaired) electrons. The summed E-state index contributed by atoms with van der Waals surface area (Å²) in [5.74, 6) is -0.116. The van der Waals surface area contributed by atoms with Gasteiger partial charge in [0.05, 0.1) is 10.9 Å². The van der Waals surface area contributed by atoms with Gasteiger partial charge in [-0.1, -0.05) is 18.6 Å². The highest BCUT2D eigenvalue weighted by Gasteiger charge is 2.18. The molecule has 1 unspecified atom stereocenters. The van der Waals surface area contributed by atoms with E-state index in [0.717, 1.165) is 17.4 Å². The van der Waals surface area contributed by atoms with E-state index in [1.54, 1.807) is 23.9 Å². The number of amides is 1. The van der Waals surface area contributed by atoms with Gasteiger partial charge in [-0.05, 0) is 43.1 Å². The molecule has 1 atom stereocenters. The summed E-state index contributed by atoms with van der Waals surface area (Å²) in [4.78, 5) is 35.7. The first-order chi connectivity index (χ1) is 12.4. The fourth-order valence-corrected chi connectivity index (χ4v) is 3.05. The smallest absolute Gasteiger partial charge is 0.326 e. The van der Waals surface area contributed by atoms with Gasteiger partial charge >= 0.3 is 5.97 Å². The van der Waals surface area contributed by atoms with Crippen molar-refractivity contribution in [2.75, 3.05) is 11.5 Å². The molecule has 0 saturated carbocycles. The number of nitrogens with one attached hydrogen (secondary N) is 1. The van der Waals surface area contributed by atoms with Crippen molar-refractivity contribution in [3.8, 4) is 0 Å². The number of hydrogen-bond acceptors (Lipinski definition) is 5. The number of carbonyl (C=O) groups is 2. The molecule has 1 amide bonds. The van der Waals surface area contributed by atoms with E-state index in [9.17, 15) is 19.5 Å². The van der Waals surface area contributed by atoms with Crippen LogP contribution in [0.5, 0.6) is 0 Å². The molecule has 2 aromatic rings. The second-order valence-electron chi connectivity index (χ2n) is 5.74. The van der Waals surface area contributed by atoms with E-state index < -0.39 is 17.9 Å². The van der Waals surface area contributed by atoms with E-state index >= 15 is 0 Å². The Kier molecular flexibility index (Phi) is 7.03. The molecule has 0 spiro atoms. The van der Waals surface area contributed by atoms with Crippen LogP contribution in [-0.4, -0.2) is 34.5 Å². The predicted molar refractivity (Wildman–Crippen MR) is 103 cm³/mol. The van der Waals surface area contributed by atoms with Crippen LogP contribution in [0.2, 0.25) is 0 Å². The summed E-state index contributed by atoms with van der Waals surface area (Å²) in [5, 5.41) is 12.1. The first kappa shape index (κ1) is 19.8. The largest absolute Gasteiger partial charge is 0.480 e. The van der Waals surface area contributed by atoms with Crippen molar-refractivity contribution < 1.29 is 19.1 Å². The molecule has 1 aromatic carbocycles. The first-order valence-electron chi connectivity index (χ1n) is 8.23. The summed E-state index contributed by atoms with van der Waals surface area (Å²) in [5.41, 5.74) is 1.39. The topological polar surface area (TPSA) is 96.6 Å². The highest BCUT2D eigenvalue weighted by molar-refractivity contribution is 7.99. The van der Waals surface area contributed by atoms with Crippen molar-refractivity contribution >= 4 is 40.7 Å². The van der Waals surface area contributed by atoms with Crippen LogP contribution in [-0.2, 0) is 9.59 Å². The van der Waals surface area contributed by atoms with Crippen LogP contribution in [0.3, 0.4) is 0 Å². The van der Waals surface area contributed by atoms with Crippen LogP contribution in [0.4, 0.5) is 0 Å². The van der Waals surface area contributed by atoms with E-state index in [2.05, 4.69) is 5.32 Å². The number of thioether (sulfide) groups is 1. The molecule has 138 valence electrons. The average molecular weight is 375 g/mol. The van der Waals surface area contributed by atoms with Gasteiger partial charge in [-0.15, -0.1) is 0 Å². The van der Waals surface area contributed by atoms with E-state index in [4.69, 9.17) is 4.42 Å². The number of benzene rings is 1. The summed E-state index contributed by atoms with van der Waals surface area (Å²) in [6.45, 7) is 3.86. The van der Waals surface area contributed by atoms with Gasteiger partial charge in [0.25, 0.3) is 0 Å². The third kappa shape index (κ3) is 5.23. The summed E-state index contributed by atoms with van der Waals surface area (Å²) >= 11 is 1.61. The Morgan fingerprint density at radius 1 is 1.38 bits per heavy atom. The minimum Gasteiger partial charge on any atom is -0.480 e. The van der Waals surface area contributed by atoms with Gasteiger partial charge in [-0.3, -0.25) is 9.59 Å². The lowest BCUT2D eigenvalue weighted by molar-refractivity contribution is -0.141. The quantitative estimate of drug-likeness (QED) is 0.544. The molecular weight excluding hydrogens is 354 g/mol. The number of carboxylic acid groups (broad SMARTS) is 1. The zero-order chi connectivity index (χ0) is 19.1. The maximum atomic E-state index is 12.5. The van der Waals surface area contributed by atoms with Crippen molar-refractivity contribution in [3.63, 3.8) is 0 Å². The second kappa shape index (κ2) is 9.24. The van der Waals surface area contributed by atoms with E-state index in [1.165, 1.54) is 12.3 Å². The lowest BCUT2D eigenvalue weighted by Crippen LogP contribution is -2.40. The van der Waals surface area contributed by atoms with Gasteiger partial charge in [0.1, 0.15) is 17.9 Å². The van der Waals surface area contributed by atoms with Gasteiger partial charge in [0, 0.05) is 6.08 Å². The van der Waals surface area contributed by atoms with Crippen molar-refractivity contribution in [2.24, 2.45) is 0 Å². The van der Waals surface area contributed by atoms with Crippen LogP contribution in [0.1, 0.15) is 24.5 Å². The zero-order valence-electron chi connectivity index (χ0n) is 14.7. The first-order valence-corrected chi connectivity index (χ1v) is 9.39. The van der Waals surface area contributed by atoms with Crippen molar-refractivity contribution in [1.29, 1.82) is 0 Å². The maximum Gasteiger partial charge on any atom is 0.326 e. The van der Waals surface area contributed by atoms with Crippen LogP contribution < -0.4 is 10.7 Å². The molecule has 0 bridgehead atoms. The van der Waals surface area contributed by atoms with Gasteiger partial charge < -0.3 is 14.8 Å². The molecule has 26 heavy (non-hydrogen) atoms. The maximum absolute atomic E-state index is 12.5. The molecule has 0 aliphatic carbocycles. The van der Waals surface area contributed by atoms with Crippen LogP contribution >= 0.6 is 11.8 Å². The molecule has 1 heterocycles. The van der Waals surface area contributed by atoms with E-state index in [0.29, 0.717) is 23.1 Å². The zero-order valence-corrected chi connectivity index (χ0v) is 15.5. The summed E-state index contributed by atoms with van der Waals surface area (Å²) in [6, 6.07) is 4.33. The van der Waals surface area contributed by atoms with Crippen LogP contribution in [0, 0.1) is 6.92 Å². The molecular formula is C19H21NO5S. The van der Waals surface area contributed by atoms with Crippen LogP contribution in [0.25, 0.3) is 17.0 Å². The van der Waals surface area contributed by atoms with Gasteiger partial charge in [-0.25, -0.2) is 4.79 Å². The summed E-state index contributed by atoms with van der Waals surface area (Å²) in [7, 11) is 0. The lowest BCUT2D eigenvalue weighted by atomic mass is 10.1. The predicted octanol–water partition coefficient (Wildman–Crippen LogP) is 2.83. The van der Waals surface area contributed by atoms with Crippen LogP contribution in [0.15, 0.2) is 39.7 Å². The molecule has 6 nitrogen and oxygen atoms in total. The monoisotopic (exact) mass is 375 g/mol. The van der Waals surface area contributed by atoms with Crippen molar-refractivity contribution in [3.05, 3.63) is 51.9 Å². The number of aryl methyl sites for hydroxylation is 1. The lowest BCUT2D eigenvalue weighted by Gasteiger charge is -2.12. The van der Waals surface area contributed by atoms with E-state index in [-0.39, 0.29) is 11.0 Å². The van der Waals surface area contributed by atoms with E-state index in [1.807, 2.05) is 19.9 Å². The minimum atomic E-state index is -1.08. The average Bonchev–Trinajstić information content (AvgIpc) is 2.61. The van der Waals surface area contributed by atoms with Gasteiger partial charge in [0.15, 0.2) is 5.43 Å². The number of carbonyl (C=O) groups excluding carboxylic acids is 1. The molecule has 0 saturated heterocycles. The summed E-state index contributed by atoms with van der Waals surface area (Å²) in [6.07, 6.45) is 4.11. The molecule has 0 aliphatic heterocycles. The number of aliphatic carboxylic acids is 1. The number of hydrogen-bond donors (Lipinski definition) is 2. The standard InChI is InChI=1S/C19H21NO5S/c1-3-26-9-8-15(19(23)24)20-17(21)7-5-13-11-25-16-6-4-12(2)10-14(16)18(13)22/h4-7,10-11,15H,3,8-9H2,1-2H3,(H,20,21)(H,23,24)/b7-5+. The number of carboxylic acids is 1. The molecule has 2 rings (SSSR count). The van der Waals surface area contributed by atoms with Crippen molar-refractivity contribution in [1.82, 2.24) is 5.32 Å². The normalized spacial score (nSPS) is 12.4. The number of rotatable bonds is 8. The second-order valence-corrected chi connectivity index (χ2v) is 7.13. The minimum absolute atomic E-state index is 0.228. The highest BCUT2D eigenvalue weighted by Crippen LogP contribution is 2.13. The van der Waals surface area contributed by atoms with Crippen molar-refractivity contribution in [2.45, 2.75) is 26.3 Å². The number of fused-ring (bicyclic) bond motifs is 1. The van der Waals surface area contributed by atoms with Gasteiger partial charge in [0.2, 0.25) is 5.91 Å².